The van der Waals surface area contributed by atoms with Gasteiger partial charge in [-0.15, -0.1) is 0 Å². The minimum Gasteiger partial charge on any atom is -0.494 e. The van der Waals surface area contributed by atoms with Crippen molar-refractivity contribution in [2.45, 2.75) is 26.2 Å². The van der Waals surface area contributed by atoms with Crippen LogP contribution in [-0.4, -0.2) is 17.0 Å². The van der Waals surface area contributed by atoms with Crippen molar-refractivity contribution in [1.29, 1.82) is 0 Å². The summed E-state index contributed by atoms with van der Waals surface area (Å²) in [5.41, 5.74) is 6.56. The molecule has 0 unspecified atom stereocenters. The molecule has 0 spiro atoms. The van der Waals surface area contributed by atoms with E-state index in [1.165, 1.54) is 12.8 Å². The zero-order valence-corrected chi connectivity index (χ0v) is 12.9. The molecule has 0 aliphatic heterocycles. The van der Waals surface area contributed by atoms with Crippen LogP contribution in [0.25, 0.3) is 10.8 Å². The van der Waals surface area contributed by atoms with E-state index in [1.807, 2.05) is 36.4 Å². The normalized spacial score (nSPS) is 11.8. The average Bonchev–Trinajstić information content (AvgIpc) is 2.51. The molecule has 0 heterocycles. The van der Waals surface area contributed by atoms with Crippen LogP contribution in [0.4, 0.5) is 0 Å². The highest BCUT2D eigenvalue weighted by molar-refractivity contribution is 7.92. The molecular weight excluding hydrogens is 284 g/mol. The molecule has 0 aliphatic rings. The van der Waals surface area contributed by atoms with Gasteiger partial charge in [0.25, 0.3) is 0 Å². The van der Waals surface area contributed by atoms with Crippen LogP contribution in [0, 0.1) is 0 Å². The molecule has 2 aromatic rings. The Kier molecular flexibility index (Phi) is 5.90. The maximum atomic E-state index is 8.70. The van der Waals surface area contributed by atoms with E-state index in [4.69, 9.17) is 15.0 Å². The van der Waals surface area contributed by atoms with Crippen LogP contribution >= 0.6 is 12.2 Å². The number of benzene rings is 2. The molecule has 0 atom stereocenters. The predicted molar refractivity (Wildman–Crippen MR) is 89.9 cm³/mol. The molecule has 0 radical (unpaired) electrons. The lowest BCUT2D eigenvalue weighted by Crippen LogP contribution is -2.12. The molecule has 3 N–H and O–H groups in total. The SMILES string of the molecule is CCCCCOc1ccc2cc(/C(N)=N/SO)ccc2c1. The Balaban J connectivity index is 2.14. The monoisotopic (exact) mass is 304 g/mol. The van der Waals surface area contributed by atoms with Crippen molar-refractivity contribution < 1.29 is 9.29 Å². The smallest absolute Gasteiger partial charge is 0.141 e. The highest BCUT2D eigenvalue weighted by atomic mass is 32.2. The van der Waals surface area contributed by atoms with E-state index in [0.29, 0.717) is 18.1 Å². The maximum absolute atomic E-state index is 8.70. The van der Waals surface area contributed by atoms with E-state index < -0.39 is 0 Å². The fraction of sp³-hybridized carbons (Fsp3) is 0.312. The van der Waals surface area contributed by atoms with Gasteiger partial charge >= 0.3 is 0 Å². The van der Waals surface area contributed by atoms with Crippen LogP contribution in [0.5, 0.6) is 5.75 Å². The number of hydrogen-bond donors (Lipinski definition) is 2. The highest BCUT2D eigenvalue weighted by Crippen LogP contribution is 2.22. The van der Waals surface area contributed by atoms with Gasteiger partial charge in [-0.2, -0.15) is 4.40 Å². The third-order valence-corrected chi connectivity index (χ3v) is 3.54. The van der Waals surface area contributed by atoms with E-state index >= 15 is 0 Å². The summed E-state index contributed by atoms with van der Waals surface area (Å²) < 4.78 is 18.2. The highest BCUT2D eigenvalue weighted by Gasteiger charge is 2.02. The molecule has 0 fully saturated rings. The Morgan fingerprint density at radius 2 is 1.95 bits per heavy atom. The zero-order valence-electron chi connectivity index (χ0n) is 12.1. The lowest BCUT2D eigenvalue weighted by Gasteiger charge is -2.08. The van der Waals surface area contributed by atoms with Crippen molar-refractivity contribution in [3.8, 4) is 5.75 Å². The molecule has 2 aromatic carbocycles. The van der Waals surface area contributed by atoms with Gasteiger partial charge in [-0.3, -0.25) is 0 Å². The molecule has 0 amide bonds. The zero-order chi connectivity index (χ0) is 15.1. The molecule has 2 rings (SSSR count). The molecule has 21 heavy (non-hydrogen) atoms. The second-order valence-corrected chi connectivity index (χ2v) is 5.18. The Bertz CT molecular complexity index is 629. The van der Waals surface area contributed by atoms with Crippen molar-refractivity contribution in [3.05, 3.63) is 42.0 Å². The third-order valence-electron chi connectivity index (χ3n) is 3.26. The van der Waals surface area contributed by atoms with Gasteiger partial charge in [-0.05, 0) is 35.4 Å². The molecule has 0 saturated carbocycles. The number of nitrogens with zero attached hydrogens (tertiary/aromatic N) is 1. The summed E-state index contributed by atoms with van der Waals surface area (Å²) in [7, 11) is 0. The predicted octanol–water partition coefficient (Wildman–Crippen LogP) is 4.24. The first-order valence-corrected chi connectivity index (χ1v) is 7.78. The summed E-state index contributed by atoms with van der Waals surface area (Å²) in [6.07, 6.45) is 3.47. The summed E-state index contributed by atoms with van der Waals surface area (Å²) in [4.78, 5) is 0. The van der Waals surface area contributed by atoms with E-state index in [0.717, 1.165) is 35.1 Å². The molecule has 0 aliphatic carbocycles. The van der Waals surface area contributed by atoms with Gasteiger partial charge in [-0.25, -0.2) is 0 Å². The number of ether oxygens (including phenoxy) is 1. The van der Waals surface area contributed by atoms with Gasteiger partial charge < -0.3 is 15.0 Å². The van der Waals surface area contributed by atoms with Gasteiger partial charge in [-0.1, -0.05) is 38.0 Å². The van der Waals surface area contributed by atoms with E-state index in [2.05, 4.69) is 11.3 Å². The first kappa shape index (κ1) is 15.7. The van der Waals surface area contributed by atoms with Crippen LogP contribution in [0.2, 0.25) is 0 Å². The first-order chi connectivity index (χ1) is 10.2. The first-order valence-electron chi connectivity index (χ1n) is 7.05. The number of nitrogens with two attached hydrogens (primary N) is 1. The third kappa shape index (κ3) is 4.37. The minimum absolute atomic E-state index is 0.310. The van der Waals surface area contributed by atoms with Crippen molar-refractivity contribution >= 4 is 28.8 Å². The van der Waals surface area contributed by atoms with Crippen LogP contribution < -0.4 is 10.5 Å². The maximum Gasteiger partial charge on any atom is 0.141 e. The van der Waals surface area contributed by atoms with Gasteiger partial charge in [0.1, 0.15) is 23.8 Å². The topological polar surface area (TPSA) is 67.8 Å². The summed E-state index contributed by atoms with van der Waals surface area (Å²) in [6.45, 7) is 2.93. The number of amidine groups is 1. The molecule has 0 bridgehead atoms. The number of hydrogen-bond acceptors (Lipinski definition) is 4. The van der Waals surface area contributed by atoms with E-state index in [9.17, 15) is 0 Å². The molecule has 5 heteroatoms. The number of rotatable bonds is 7. The Hall–Kier alpha value is -1.72. The van der Waals surface area contributed by atoms with Crippen LogP contribution in [0.3, 0.4) is 0 Å². The summed E-state index contributed by atoms with van der Waals surface area (Å²) >= 11 is 0.368. The molecule has 0 saturated heterocycles. The minimum atomic E-state index is 0.310. The quantitative estimate of drug-likeness (QED) is 0.264. The fourth-order valence-electron chi connectivity index (χ4n) is 2.11. The van der Waals surface area contributed by atoms with Crippen molar-refractivity contribution in [1.82, 2.24) is 0 Å². The molecular formula is C16H20N2O2S. The lowest BCUT2D eigenvalue weighted by atomic mass is 10.1. The van der Waals surface area contributed by atoms with Crippen LogP contribution in [0.15, 0.2) is 40.8 Å². The Morgan fingerprint density at radius 3 is 2.71 bits per heavy atom. The summed E-state index contributed by atoms with van der Waals surface area (Å²) in [5, 5.41) is 2.16. The summed E-state index contributed by atoms with van der Waals surface area (Å²) in [6, 6.07) is 11.8. The average molecular weight is 304 g/mol. The van der Waals surface area contributed by atoms with Crippen molar-refractivity contribution in [2.75, 3.05) is 6.61 Å². The number of unbranched alkanes of at least 4 members (excludes halogenated alkanes) is 2. The lowest BCUT2D eigenvalue weighted by molar-refractivity contribution is 0.306. The van der Waals surface area contributed by atoms with Gasteiger partial charge in [0.05, 0.1) is 6.61 Å². The second-order valence-electron chi connectivity index (χ2n) is 4.84. The van der Waals surface area contributed by atoms with Gasteiger partial charge in [0.2, 0.25) is 0 Å². The summed E-state index contributed by atoms with van der Waals surface area (Å²) in [5.74, 6) is 1.20. The fourth-order valence-corrected chi connectivity index (χ4v) is 2.31. The van der Waals surface area contributed by atoms with Gasteiger partial charge in [0.15, 0.2) is 0 Å². The molecule has 4 nitrogen and oxygen atoms in total. The Labute approximate surface area is 129 Å². The molecule has 112 valence electrons. The number of fused-ring (bicyclic) bond motifs is 1. The van der Waals surface area contributed by atoms with Crippen molar-refractivity contribution in [3.63, 3.8) is 0 Å². The van der Waals surface area contributed by atoms with E-state index in [1.54, 1.807) is 0 Å². The van der Waals surface area contributed by atoms with Gasteiger partial charge in [0, 0.05) is 5.56 Å². The van der Waals surface area contributed by atoms with E-state index in [-0.39, 0.29) is 0 Å². The van der Waals surface area contributed by atoms with Crippen LogP contribution in [-0.2, 0) is 0 Å². The Morgan fingerprint density at radius 1 is 1.19 bits per heavy atom. The van der Waals surface area contributed by atoms with Crippen molar-refractivity contribution in [2.24, 2.45) is 10.1 Å². The molecule has 0 aromatic heterocycles. The largest absolute Gasteiger partial charge is 0.494 e. The standard InChI is InChI=1S/C16H20N2O2S/c1-2-3-4-9-20-15-8-7-12-10-14(16(17)18-21-19)6-5-13(12)11-15/h5-8,10-11,19H,2-4,9H2,1H3,(H2,17,18). The second kappa shape index (κ2) is 7.90. The van der Waals surface area contributed by atoms with Crippen LogP contribution in [0.1, 0.15) is 31.7 Å².